The Labute approximate surface area is 132 Å². The number of nitrogens with zero attached hydrogens (tertiary/aromatic N) is 3. The highest BCUT2D eigenvalue weighted by Gasteiger charge is 2.44. The van der Waals surface area contributed by atoms with Gasteiger partial charge in [0.2, 0.25) is 0 Å². The van der Waals surface area contributed by atoms with Gasteiger partial charge in [-0.1, -0.05) is 12.1 Å². The molecule has 3 rings (SSSR count). The lowest BCUT2D eigenvalue weighted by Gasteiger charge is -2.16. The molecule has 3 amide bonds. The van der Waals surface area contributed by atoms with Crippen LogP contribution in [0.2, 0.25) is 0 Å². The Hall–Kier alpha value is -3.20. The molecule has 0 saturated carbocycles. The van der Waals surface area contributed by atoms with Gasteiger partial charge in [0.25, 0.3) is 5.91 Å². The summed E-state index contributed by atoms with van der Waals surface area (Å²) in [7, 11) is 1.50. The van der Waals surface area contributed by atoms with Crippen molar-refractivity contribution in [2.75, 3.05) is 11.9 Å². The standard InChI is InChI=1S/C17H12FN3O2/c1-20-15(12-3-2-4-13(18)9-12)16(22)21(17(20)23)14-7-5-11(10-19)6-8-14/h2-9,15H,1H3/t15-/m0/s1. The van der Waals surface area contributed by atoms with Crippen molar-refractivity contribution < 1.29 is 14.0 Å². The van der Waals surface area contributed by atoms with Gasteiger partial charge in [0.05, 0.1) is 17.3 Å². The van der Waals surface area contributed by atoms with Crippen molar-refractivity contribution in [3.63, 3.8) is 0 Å². The van der Waals surface area contributed by atoms with Crippen molar-refractivity contribution >= 4 is 17.6 Å². The van der Waals surface area contributed by atoms with Crippen molar-refractivity contribution in [2.45, 2.75) is 6.04 Å². The third-order valence-electron chi connectivity index (χ3n) is 3.75. The molecule has 0 aromatic heterocycles. The summed E-state index contributed by atoms with van der Waals surface area (Å²) in [5.74, 6) is -0.916. The number of hydrogen-bond donors (Lipinski definition) is 0. The number of carbonyl (C=O) groups excluding carboxylic acids is 2. The number of halogens is 1. The predicted molar refractivity (Wildman–Crippen MR) is 80.9 cm³/mol. The maximum atomic E-state index is 13.4. The first-order chi connectivity index (χ1) is 11.0. The third-order valence-corrected chi connectivity index (χ3v) is 3.75. The van der Waals surface area contributed by atoms with Crippen molar-refractivity contribution in [1.82, 2.24) is 4.90 Å². The fourth-order valence-corrected chi connectivity index (χ4v) is 2.62. The first-order valence-electron chi connectivity index (χ1n) is 6.89. The van der Waals surface area contributed by atoms with Gasteiger partial charge in [-0.3, -0.25) is 4.79 Å². The Balaban J connectivity index is 1.99. The van der Waals surface area contributed by atoms with Gasteiger partial charge in [-0.2, -0.15) is 5.26 Å². The molecule has 1 aliphatic heterocycles. The second-order valence-electron chi connectivity index (χ2n) is 5.18. The predicted octanol–water partition coefficient (Wildman–Crippen LogP) is 2.84. The summed E-state index contributed by atoms with van der Waals surface area (Å²) in [6.07, 6.45) is 0. The molecule has 1 saturated heterocycles. The summed E-state index contributed by atoms with van der Waals surface area (Å²) in [6, 6.07) is 12.4. The van der Waals surface area contributed by atoms with Gasteiger partial charge in [0.15, 0.2) is 0 Å². The Bertz CT molecular complexity index is 826. The first kappa shape index (κ1) is 14.7. The average Bonchev–Trinajstić information content (AvgIpc) is 2.77. The minimum Gasteiger partial charge on any atom is -0.311 e. The largest absolute Gasteiger partial charge is 0.332 e. The van der Waals surface area contributed by atoms with E-state index in [1.807, 2.05) is 6.07 Å². The molecule has 2 aromatic rings. The lowest BCUT2D eigenvalue weighted by atomic mass is 10.1. The average molecular weight is 309 g/mol. The summed E-state index contributed by atoms with van der Waals surface area (Å²) >= 11 is 0. The second kappa shape index (κ2) is 5.54. The molecular formula is C17H12FN3O2. The molecule has 0 radical (unpaired) electrons. The van der Waals surface area contributed by atoms with E-state index < -0.39 is 23.8 Å². The van der Waals surface area contributed by atoms with Gasteiger partial charge in [0, 0.05) is 7.05 Å². The minimum absolute atomic E-state index is 0.379. The number of hydrogen-bond acceptors (Lipinski definition) is 3. The minimum atomic E-state index is -0.867. The van der Waals surface area contributed by atoms with Crippen LogP contribution in [0.15, 0.2) is 48.5 Å². The molecule has 0 aliphatic carbocycles. The number of amides is 3. The fraction of sp³-hybridized carbons (Fsp3) is 0.118. The lowest BCUT2D eigenvalue weighted by molar-refractivity contribution is -0.119. The smallest absolute Gasteiger partial charge is 0.311 e. The van der Waals surface area contributed by atoms with Gasteiger partial charge >= 0.3 is 6.03 Å². The molecule has 2 aromatic carbocycles. The van der Waals surface area contributed by atoms with Crippen LogP contribution in [0.3, 0.4) is 0 Å². The van der Waals surface area contributed by atoms with E-state index in [0.717, 1.165) is 4.90 Å². The number of urea groups is 1. The monoisotopic (exact) mass is 309 g/mol. The lowest BCUT2D eigenvalue weighted by Crippen LogP contribution is -2.31. The second-order valence-corrected chi connectivity index (χ2v) is 5.18. The number of benzene rings is 2. The summed E-state index contributed by atoms with van der Waals surface area (Å²) in [4.78, 5) is 27.4. The number of likely N-dealkylation sites (N-methyl/N-ethyl adjacent to an activating group) is 1. The van der Waals surface area contributed by atoms with Crippen LogP contribution >= 0.6 is 0 Å². The molecule has 114 valence electrons. The van der Waals surface area contributed by atoms with E-state index in [9.17, 15) is 14.0 Å². The molecular weight excluding hydrogens is 297 g/mol. The maximum Gasteiger partial charge on any atom is 0.332 e. The van der Waals surface area contributed by atoms with E-state index in [4.69, 9.17) is 5.26 Å². The molecule has 1 atom stereocenters. The van der Waals surface area contributed by atoms with E-state index in [0.29, 0.717) is 16.8 Å². The van der Waals surface area contributed by atoms with Gasteiger partial charge in [-0.25, -0.2) is 14.1 Å². The highest BCUT2D eigenvalue weighted by atomic mass is 19.1. The molecule has 1 aliphatic rings. The zero-order valence-electron chi connectivity index (χ0n) is 12.2. The number of nitriles is 1. The summed E-state index contributed by atoms with van der Waals surface area (Å²) in [5.41, 5.74) is 1.23. The Morgan fingerprint density at radius 3 is 2.43 bits per heavy atom. The third kappa shape index (κ3) is 2.42. The Morgan fingerprint density at radius 1 is 1.13 bits per heavy atom. The Kier molecular flexibility index (Phi) is 3.54. The van der Waals surface area contributed by atoms with Crippen LogP contribution in [-0.4, -0.2) is 23.9 Å². The van der Waals surface area contributed by atoms with Crippen molar-refractivity contribution in [1.29, 1.82) is 5.26 Å². The van der Waals surface area contributed by atoms with Gasteiger partial charge in [-0.15, -0.1) is 0 Å². The zero-order valence-corrected chi connectivity index (χ0v) is 12.2. The molecule has 0 unspecified atom stereocenters. The van der Waals surface area contributed by atoms with Crippen LogP contribution in [-0.2, 0) is 4.79 Å². The highest BCUT2D eigenvalue weighted by molar-refractivity contribution is 6.21. The van der Waals surface area contributed by atoms with Crippen molar-refractivity contribution in [3.05, 3.63) is 65.5 Å². The molecule has 0 bridgehead atoms. The number of imide groups is 1. The molecule has 23 heavy (non-hydrogen) atoms. The normalized spacial score (nSPS) is 17.5. The molecule has 6 heteroatoms. The molecule has 0 spiro atoms. The van der Waals surface area contributed by atoms with Crippen LogP contribution in [0.5, 0.6) is 0 Å². The van der Waals surface area contributed by atoms with Crippen LogP contribution in [0.25, 0.3) is 0 Å². The van der Waals surface area contributed by atoms with Gasteiger partial charge in [0.1, 0.15) is 11.9 Å². The van der Waals surface area contributed by atoms with E-state index in [2.05, 4.69) is 0 Å². The topological polar surface area (TPSA) is 64.4 Å². The van der Waals surface area contributed by atoms with Crippen LogP contribution < -0.4 is 4.90 Å². The van der Waals surface area contributed by atoms with Crippen LogP contribution in [0.1, 0.15) is 17.2 Å². The van der Waals surface area contributed by atoms with Gasteiger partial charge < -0.3 is 4.90 Å². The van der Waals surface area contributed by atoms with E-state index >= 15 is 0 Å². The SMILES string of the molecule is CN1C(=O)N(c2ccc(C#N)cc2)C(=O)[C@@H]1c1cccc(F)c1. The number of carbonyl (C=O) groups is 2. The van der Waals surface area contributed by atoms with E-state index in [1.165, 1.54) is 54.4 Å². The highest BCUT2D eigenvalue weighted by Crippen LogP contribution is 2.33. The summed E-state index contributed by atoms with van der Waals surface area (Å²) in [5, 5.41) is 8.82. The molecule has 5 nitrogen and oxygen atoms in total. The summed E-state index contributed by atoms with van der Waals surface area (Å²) < 4.78 is 13.4. The van der Waals surface area contributed by atoms with E-state index in [-0.39, 0.29) is 0 Å². The number of rotatable bonds is 2. The fourth-order valence-electron chi connectivity index (χ4n) is 2.62. The molecule has 1 fully saturated rings. The first-order valence-corrected chi connectivity index (χ1v) is 6.89. The summed E-state index contributed by atoms with van der Waals surface area (Å²) in [6.45, 7) is 0. The van der Waals surface area contributed by atoms with E-state index in [1.54, 1.807) is 6.07 Å². The Morgan fingerprint density at radius 2 is 1.83 bits per heavy atom. The van der Waals surface area contributed by atoms with Crippen molar-refractivity contribution in [3.8, 4) is 6.07 Å². The zero-order chi connectivity index (χ0) is 16.6. The maximum absolute atomic E-state index is 13.4. The van der Waals surface area contributed by atoms with Crippen LogP contribution in [0.4, 0.5) is 14.9 Å². The number of anilines is 1. The molecule has 0 N–H and O–H groups in total. The molecule has 1 heterocycles. The van der Waals surface area contributed by atoms with Crippen molar-refractivity contribution in [2.24, 2.45) is 0 Å². The quantitative estimate of drug-likeness (QED) is 0.801. The van der Waals surface area contributed by atoms with Gasteiger partial charge in [-0.05, 0) is 42.0 Å². The van der Waals surface area contributed by atoms with Crippen LogP contribution in [0, 0.1) is 17.1 Å².